The SMILES string of the molecule is CCNCc1ccc(COc2ccccc2Cl)s1. The second kappa shape index (κ2) is 6.78. The van der Waals surface area contributed by atoms with E-state index in [1.54, 1.807) is 11.3 Å². The first-order valence-electron chi connectivity index (χ1n) is 5.95. The summed E-state index contributed by atoms with van der Waals surface area (Å²) in [5.41, 5.74) is 0. The molecule has 1 heterocycles. The van der Waals surface area contributed by atoms with Crippen LogP contribution in [0, 0.1) is 0 Å². The summed E-state index contributed by atoms with van der Waals surface area (Å²) in [5.74, 6) is 0.737. The normalized spacial score (nSPS) is 10.6. The third-order valence-corrected chi connectivity index (χ3v) is 3.84. The van der Waals surface area contributed by atoms with Crippen molar-refractivity contribution < 1.29 is 4.74 Å². The number of para-hydroxylation sites is 1. The summed E-state index contributed by atoms with van der Waals surface area (Å²) in [6.07, 6.45) is 0. The quantitative estimate of drug-likeness (QED) is 0.861. The third kappa shape index (κ3) is 3.73. The Labute approximate surface area is 117 Å². The topological polar surface area (TPSA) is 21.3 Å². The Bertz CT molecular complexity index is 498. The zero-order valence-electron chi connectivity index (χ0n) is 10.3. The maximum atomic E-state index is 6.03. The van der Waals surface area contributed by atoms with E-state index in [1.807, 2.05) is 24.3 Å². The van der Waals surface area contributed by atoms with Crippen molar-refractivity contribution in [3.63, 3.8) is 0 Å². The number of ether oxygens (including phenoxy) is 1. The molecule has 0 aliphatic rings. The van der Waals surface area contributed by atoms with E-state index >= 15 is 0 Å². The minimum Gasteiger partial charge on any atom is -0.487 e. The van der Waals surface area contributed by atoms with Gasteiger partial charge in [0.2, 0.25) is 0 Å². The number of halogens is 1. The number of nitrogens with one attached hydrogen (secondary N) is 1. The summed E-state index contributed by atoms with van der Waals surface area (Å²) < 4.78 is 5.70. The van der Waals surface area contributed by atoms with Crippen LogP contribution >= 0.6 is 22.9 Å². The standard InChI is InChI=1S/C14H16ClNOS/c1-2-16-9-11-7-8-12(18-11)10-17-14-6-4-3-5-13(14)15/h3-8,16H,2,9-10H2,1H3. The van der Waals surface area contributed by atoms with Gasteiger partial charge in [0.15, 0.2) is 0 Å². The zero-order valence-corrected chi connectivity index (χ0v) is 11.9. The molecule has 0 bridgehead atoms. The highest BCUT2D eigenvalue weighted by atomic mass is 35.5. The van der Waals surface area contributed by atoms with Crippen LogP contribution in [0.3, 0.4) is 0 Å². The Kier molecular flexibility index (Phi) is 5.05. The average molecular weight is 282 g/mol. The van der Waals surface area contributed by atoms with E-state index in [4.69, 9.17) is 16.3 Å². The lowest BCUT2D eigenvalue weighted by atomic mass is 10.3. The van der Waals surface area contributed by atoms with Gasteiger partial charge >= 0.3 is 0 Å². The molecule has 2 rings (SSSR count). The Morgan fingerprint density at radius 2 is 1.94 bits per heavy atom. The van der Waals surface area contributed by atoms with Gasteiger partial charge in [0.1, 0.15) is 12.4 Å². The molecule has 1 N–H and O–H groups in total. The third-order valence-electron chi connectivity index (χ3n) is 2.47. The number of hydrogen-bond donors (Lipinski definition) is 1. The monoisotopic (exact) mass is 281 g/mol. The van der Waals surface area contributed by atoms with Gasteiger partial charge in [0, 0.05) is 16.3 Å². The molecule has 1 aromatic carbocycles. The van der Waals surface area contributed by atoms with Gasteiger partial charge in [-0.25, -0.2) is 0 Å². The molecule has 2 aromatic rings. The molecule has 0 unspecified atom stereocenters. The largest absolute Gasteiger partial charge is 0.487 e. The van der Waals surface area contributed by atoms with Gasteiger partial charge in [0.05, 0.1) is 5.02 Å². The second-order valence-corrected chi connectivity index (χ2v) is 5.53. The first-order valence-corrected chi connectivity index (χ1v) is 7.14. The van der Waals surface area contributed by atoms with Gasteiger partial charge in [-0.05, 0) is 30.8 Å². The van der Waals surface area contributed by atoms with E-state index in [0.717, 1.165) is 18.8 Å². The fraction of sp³-hybridized carbons (Fsp3) is 0.286. The molecule has 0 saturated heterocycles. The predicted molar refractivity (Wildman–Crippen MR) is 77.5 cm³/mol. The van der Waals surface area contributed by atoms with Crippen LogP contribution in [0.4, 0.5) is 0 Å². The van der Waals surface area contributed by atoms with Crippen LogP contribution in [0.2, 0.25) is 5.02 Å². The minimum atomic E-state index is 0.570. The van der Waals surface area contributed by atoms with Crippen molar-refractivity contribution in [1.82, 2.24) is 5.32 Å². The molecule has 1 aromatic heterocycles. The highest BCUT2D eigenvalue weighted by Gasteiger charge is 2.03. The van der Waals surface area contributed by atoms with Crippen LogP contribution in [-0.2, 0) is 13.2 Å². The molecule has 0 spiro atoms. The Morgan fingerprint density at radius 1 is 1.17 bits per heavy atom. The fourth-order valence-electron chi connectivity index (χ4n) is 1.55. The molecule has 96 valence electrons. The summed E-state index contributed by atoms with van der Waals surface area (Å²) in [6, 6.07) is 11.8. The van der Waals surface area contributed by atoms with Crippen LogP contribution in [0.1, 0.15) is 16.7 Å². The Hall–Kier alpha value is -1.03. The molecular weight excluding hydrogens is 266 g/mol. The highest BCUT2D eigenvalue weighted by molar-refractivity contribution is 7.11. The molecule has 2 nitrogen and oxygen atoms in total. The van der Waals surface area contributed by atoms with Gasteiger partial charge in [-0.15, -0.1) is 11.3 Å². The average Bonchev–Trinajstić information content (AvgIpc) is 2.83. The summed E-state index contributed by atoms with van der Waals surface area (Å²) in [6.45, 7) is 4.59. The van der Waals surface area contributed by atoms with Crippen molar-refractivity contribution in [3.05, 3.63) is 51.2 Å². The lowest BCUT2D eigenvalue weighted by Gasteiger charge is -2.05. The molecule has 0 fully saturated rings. The lowest BCUT2D eigenvalue weighted by molar-refractivity contribution is 0.310. The van der Waals surface area contributed by atoms with Crippen LogP contribution in [0.25, 0.3) is 0 Å². The number of hydrogen-bond acceptors (Lipinski definition) is 3. The summed E-state index contributed by atoms with van der Waals surface area (Å²) in [4.78, 5) is 2.54. The molecule has 0 amide bonds. The van der Waals surface area contributed by atoms with Crippen molar-refractivity contribution in [2.75, 3.05) is 6.54 Å². The lowest BCUT2D eigenvalue weighted by Crippen LogP contribution is -2.10. The Balaban J connectivity index is 1.90. The summed E-state index contributed by atoms with van der Waals surface area (Å²) >= 11 is 7.80. The number of rotatable bonds is 6. The molecule has 0 aliphatic carbocycles. The van der Waals surface area contributed by atoms with Crippen LogP contribution < -0.4 is 10.1 Å². The maximum absolute atomic E-state index is 6.03. The molecular formula is C14H16ClNOS. The molecule has 0 atom stereocenters. The fourth-order valence-corrected chi connectivity index (χ4v) is 2.65. The Morgan fingerprint density at radius 3 is 2.72 bits per heavy atom. The summed E-state index contributed by atoms with van der Waals surface area (Å²) in [7, 11) is 0. The van der Waals surface area contributed by atoms with E-state index in [1.165, 1.54) is 9.75 Å². The number of thiophene rings is 1. The van der Waals surface area contributed by atoms with Gasteiger partial charge in [-0.1, -0.05) is 30.7 Å². The second-order valence-electron chi connectivity index (χ2n) is 3.87. The van der Waals surface area contributed by atoms with Crippen LogP contribution in [0.5, 0.6) is 5.75 Å². The number of benzene rings is 1. The van der Waals surface area contributed by atoms with Gasteiger partial charge < -0.3 is 10.1 Å². The van der Waals surface area contributed by atoms with E-state index in [2.05, 4.69) is 24.4 Å². The molecule has 0 radical (unpaired) electrons. The van der Waals surface area contributed by atoms with Crippen molar-refractivity contribution in [2.45, 2.75) is 20.1 Å². The van der Waals surface area contributed by atoms with Crippen molar-refractivity contribution in [2.24, 2.45) is 0 Å². The predicted octanol–water partition coefficient (Wildman–Crippen LogP) is 4.09. The van der Waals surface area contributed by atoms with Crippen LogP contribution in [0.15, 0.2) is 36.4 Å². The summed E-state index contributed by atoms with van der Waals surface area (Å²) in [5, 5.41) is 3.96. The highest BCUT2D eigenvalue weighted by Crippen LogP contribution is 2.25. The van der Waals surface area contributed by atoms with Gasteiger partial charge in [0.25, 0.3) is 0 Å². The first kappa shape index (κ1) is 13.4. The molecule has 18 heavy (non-hydrogen) atoms. The molecule has 4 heteroatoms. The van der Waals surface area contributed by atoms with E-state index < -0.39 is 0 Å². The van der Waals surface area contributed by atoms with Crippen molar-refractivity contribution in [3.8, 4) is 5.75 Å². The van der Waals surface area contributed by atoms with Crippen molar-refractivity contribution in [1.29, 1.82) is 0 Å². The van der Waals surface area contributed by atoms with Crippen molar-refractivity contribution >= 4 is 22.9 Å². The minimum absolute atomic E-state index is 0.570. The maximum Gasteiger partial charge on any atom is 0.138 e. The van der Waals surface area contributed by atoms with Gasteiger partial charge in [-0.2, -0.15) is 0 Å². The first-order chi connectivity index (χ1) is 8.79. The van der Waals surface area contributed by atoms with Crippen LogP contribution in [-0.4, -0.2) is 6.54 Å². The molecule has 0 saturated carbocycles. The van der Waals surface area contributed by atoms with E-state index in [0.29, 0.717) is 11.6 Å². The molecule has 0 aliphatic heterocycles. The van der Waals surface area contributed by atoms with E-state index in [9.17, 15) is 0 Å². The zero-order chi connectivity index (χ0) is 12.8. The smallest absolute Gasteiger partial charge is 0.138 e. The van der Waals surface area contributed by atoms with E-state index in [-0.39, 0.29) is 0 Å². The van der Waals surface area contributed by atoms with Gasteiger partial charge in [-0.3, -0.25) is 0 Å².